The van der Waals surface area contributed by atoms with Crippen molar-refractivity contribution in [2.75, 3.05) is 6.54 Å². The van der Waals surface area contributed by atoms with Crippen LogP contribution in [-0.4, -0.2) is 18.5 Å². The number of rotatable bonds is 3. The number of amides is 1. The second-order valence-electron chi connectivity index (χ2n) is 4.79. The van der Waals surface area contributed by atoms with Crippen LogP contribution in [0.3, 0.4) is 0 Å². The molecule has 2 rings (SSSR count). The number of carbonyl (C=O) groups is 1. The van der Waals surface area contributed by atoms with Crippen LogP contribution in [-0.2, 0) is 4.79 Å². The van der Waals surface area contributed by atoms with Crippen molar-refractivity contribution in [1.82, 2.24) is 5.32 Å². The maximum atomic E-state index is 11.9. The molecular weight excluding hydrogens is 176 g/mol. The molecule has 0 atom stereocenters. The van der Waals surface area contributed by atoms with Gasteiger partial charge in [-0.05, 0) is 25.7 Å². The second kappa shape index (κ2) is 3.89. The molecular formula is C11H20N2O. The molecule has 3 heteroatoms. The minimum absolute atomic E-state index is 0.192. The highest BCUT2D eigenvalue weighted by molar-refractivity contribution is 5.84. The first-order valence-electron chi connectivity index (χ1n) is 5.78. The lowest BCUT2D eigenvalue weighted by atomic mass is 9.68. The van der Waals surface area contributed by atoms with Gasteiger partial charge in [0, 0.05) is 12.6 Å². The molecule has 0 spiro atoms. The van der Waals surface area contributed by atoms with Crippen molar-refractivity contribution in [3.63, 3.8) is 0 Å². The molecule has 1 amide bonds. The van der Waals surface area contributed by atoms with Gasteiger partial charge in [0.2, 0.25) is 5.91 Å². The Morgan fingerprint density at radius 3 is 2.36 bits per heavy atom. The summed E-state index contributed by atoms with van der Waals surface area (Å²) in [5, 5.41) is 3.15. The van der Waals surface area contributed by atoms with Crippen molar-refractivity contribution in [2.24, 2.45) is 11.1 Å². The van der Waals surface area contributed by atoms with E-state index in [1.165, 1.54) is 12.8 Å². The van der Waals surface area contributed by atoms with Gasteiger partial charge in [0.25, 0.3) is 0 Å². The smallest absolute Gasteiger partial charge is 0.227 e. The third kappa shape index (κ3) is 1.65. The van der Waals surface area contributed by atoms with Gasteiger partial charge in [0.05, 0.1) is 5.41 Å². The average molecular weight is 196 g/mol. The number of carbonyl (C=O) groups excluding carboxylic acids is 1. The van der Waals surface area contributed by atoms with Crippen molar-refractivity contribution in [1.29, 1.82) is 0 Å². The first-order chi connectivity index (χ1) is 6.77. The van der Waals surface area contributed by atoms with Crippen molar-refractivity contribution < 1.29 is 4.79 Å². The zero-order valence-electron chi connectivity index (χ0n) is 8.72. The Bertz CT molecular complexity index is 212. The summed E-state index contributed by atoms with van der Waals surface area (Å²) in [5.74, 6) is 0.221. The maximum Gasteiger partial charge on any atom is 0.227 e. The van der Waals surface area contributed by atoms with Crippen LogP contribution >= 0.6 is 0 Å². The molecule has 3 N–H and O–H groups in total. The van der Waals surface area contributed by atoms with Gasteiger partial charge in [-0.2, -0.15) is 0 Å². The molecule has 2 fully saturated rings. The van der Waals surface area contributed by atoms with Gasteiger partial charge in [0.1, 0.15) is 0 Å². The highest BCUT2D eigenvalue weighted by Gasteiger charge is 2.43. The Morgan fingerprint density at radius 1 is 1.29 bits per heavy atom. The predicted molar refractivity (Wildman–Crippen MR) is 55.7 cm³/mol. The van der Waals surface area contributed by atoms with Crippen LogP contribution in [0.25, 0.3) is 0 Å². The quantitative estimate of drug-likeness (QED) is 0.712. The average Bonchev–Trinajstić information content (AvgIpc) is 2.55. The zero-order valence-corrected chi connectivity index (χ0v) is 8.72. The van der Waals surface area contributed by atoms with Crippen LogP contribution < -0.4 is 11.1 Å². The largest absolute Gasteiger partial charge is 0.353 e. The fraction of sp³-hybridized carbons (Fsp3) is 0.909. The van der Waals surface area contributed by atoms with Gasteiger partial charge >= 0.3 is 0 Å². The summed E-state index contributed by atoms with van der Waals surface area (Å²) >= 11 is 0. The Morgan fingerprint density at radius 2 is 1.93 bits per heavy atom. The van der Waals surface area contributed by atoms with Crippen LogP contribution in [0.4, 0.5) is 0 Å². The van der Waals surface area contributed by atoms with Gasteiger partial charge in [-0.25, -0.2) is 0 Å². The normalized spacial score (nSPS) is 25.8. The van der Waals surface area contributed by atoms with E-state index in [-0.39, 0.29) is 11.3 Å². The van der Waals surface area contributed by atoms with Crippen molar-refractivity contribution in [3.8, 4) is 0 Å². The standard InChI is InChI=1S/C11H20N2O/c12-8-11(6-3-7-11)10(14)13-9-4-1-2-5-9/h9H,1-8,12H2,(H,13,14). The molecule has 0 aromatic heterocycles. The summed E-state index contributed by atoms with van der Waals surface area (Å²) in [4.78, 5) is 11.9. The molecule has 14 heavy (non-hydrogen) atoms. The predicted octanol–water partition coefficient (Wildman–Crippen LogP) is 1.17. The number of hydrogen-bond donors (Lipinski definition) is 2. The van der Waals surface area contributed by atoms with Gasteiger partial charge in [-0.15, -0.1) is 0 Å². The van der Waals surface area contributed by atoms with E-state index in [1.807, 2.05) is 0 Å². The summed E-state index contributed by atoms with van der Waals surface area (Å²) in [6.07, 6.45) is 7.99. The fourth-order valence-electron chi connectivity index (χ4n) is 2.54. The van der Waals surface area contributed by atoms with Crippen LogP contribution in [0.5, 0.6) is 0 Å². The second-order valence-corrected chi connectivity index (χ2v) is 4.79. The van der Waals surface area contributed by atoms with Crippen molar-refractivity contribution in [3.05, 3.63) is 0 Å². The number of nitrogens with one attached hydrogen (secondary N) is 1. The van der Waals surface area contributed by atoms with E-state index < -0.39 is 0 Å². The Balaban J connectivity index is 1.87. The van der Waals surface area contributed by atoms with Crippen LogP contribution in [0, 0.1) is 5.41 Å². The Kier molecular flexibility index (Phi) is 2.77. The number of nitrogens with two attached hydrogens (primary N) is 1. The fourth-order valence-corrected chi connectivity index (χ4v) is 2.54. The van der Waals surface area contributed by atoms with Crippen LogP contribution in [0.1, 0.15) is 44.9 Å². The summed E-state index contributed by atoms with van der Waals surface area (Å²) in [5.41, 5.74) is 5.49. The SMILES string of the molecule is NCC1(C(=O)NC2CCCC2)CCC1. The third-order valence-corrected chi connectivity index (χ3v) is 3.87. The summed E-state index contributed by atoms with van der Waals surface area (Å²) in [6.45, 7) is 0.519. The monoisotopic (exact) mass is 196 g/mol. The van der Waals surface area contributed by atoms with Crippen molar-refractivity contribution in [2.45, 2.75) is 51.0 Å². The van der Waals surface area contributed by atoms with Gasteiger partial charge in [-0.3, -0.25) is 4.79 Å². The molecule has 0 aromatic carbocycles. The van der Waals surface area contributed by atoms with Crippen molar-refractivity contribution >= 4 is 5.91 Å². The minimum atomic E-state index is -0.192. The summed E-state index contributed by atoms with van der Waals surface area (Å²) in [7, 11) is 0. The van der Waals surface area contributed by atoms with E-state index in [0.717, 1.165) is 32.1 Å². The molecule has 0 aromatic rings. The molecule has 2 aliphatic rings. The molecule has 0 unspecified atom stereocenters. The third-order valence-electron chi connectivity index (χ3n) is 3.87. The van der Waals surface area contributed by atoms with Gasteiger partial charge in [0.15, 0.2) is 0 Å². The van der Waals surface area contributed by atoms with E-state index >= 15 is 0 Å². The molecule has 0 aliphatic heterocycles. The molecule has 3 nitrogen and oxygen atoms in total. The lowest BCUT2D eigenvalue weighted by molar-refractivity contribution is -0.135. The maximum absolute atomic E-state index is 11.9. The lowest BCUT2D eigenvalue weighted by Gasteiger charge is -2.39. The molecule has 2 aliphatic carbocycles. The topological polar surface area (TPSA) is 55.1 Å². The Hall–Kier alpha value is -0.570. The van der Waals surface area contributed by atoms with Gasteiger partial charge < -0.3 is 11.1 Å². The minimum Gasteiger partial charge on any atom is -0.353 e. The lowest BCUT2D eigenvalue weighted by Crippen LogP contribution is -2.52. The first kappa shape index (κ1) is 9.97. The van der Waals surface area contributed by atoms with E-state index in [1.54, 1.807) is 0 Å². The molecule has 80 valence electrons. The molecule has 0 heterocycles. The Labute approximate surface area is 85.4 Å². The molecule has 2 saturated carbocycles. The molecule has 0 bridgehead atoms. The summed E-state index contributed by atoms with van der Waals surface area (Å²) < 4.78 is 0. The van der Waals surface area contributed by atoms with E-state index in [9.17, 15) is 4.79 Å². The van der Waals surface area contributed by atoms with E-state index in [0.29, 0.717) is 12.6 Å². The van der Waals surface area contributed by atoms with Gasteiger partial charge in [-0.1, -0.05) is 19.3 Å². The molecule has 0 saturated heterocycles. The highest BCUT2D eigenvalue weighted by atomic mass is 16.2. The van der Waals surface area contributed by atoms with E-state index in [4.69, 9.17) is 5.73 Å². The number of hydrogen-bond acceptors (Lipinski definition) is 2. The first-order valence-corrected chi connectivity index (χ1v) is 5.78. The molecule has 0 radical (unpaired) electrons. The summed E-state index contributed by atoms with van der Waals surface area (Å²) in [6, 6.07) is 0.437. The highest BCUT2D eigenvalue weighted by Crippen LogP contribution is 2.40. The van der Waals surface area contributed by atoms with E-state index in [2.05, 4.69) is 5.32 Å². The zero-order chi connectivity index (χ0) is 10.0. The van der Waals surface area contributed by atoms with Crippen LogP contribution in [0.2, 0.25) is 0 Å². The van der Waals surface area contributed by atoms with Crippen LogP contribution in [0.15, 0.2) is 0 Å².